The minimum absolute atomic E-state index is 0.00802. The lowest BCUT2D eigenvalue weighted by Gasteiger charge is -2.29. The van der Waals surface area contributed by atoms with Crippen LogP contribution in [0, 0.1) is 0 Å². The normalized spacial score (nSPS) is 14.8. The van der Waals surface area contributed by atoms with Crippen LogP contribution in [0.4, 0.5) is 0 Å². The molecule has 1 amide bonds. The summed E-state index contributed by atoms with van der Waals surface area (Å²) in [5, 5.41) is 13.7. The number of aliphatic hydroxyl groups is 1. The van der Waals surface area contributed by atoms with Crippen LogP contribution < -0.4 is 10.2 Å². The number of allylic oxidation sites excluding steroid dienone is 5. The number of phosphoric acid groups is 1. The molecule has 0 aromatic carbocycles. The average Bonchev–Trinajstić information content (AvgIpc) is 3.10. The SMILES string of the molecule is CCCCCC/C=C\CCCCCCCC(=O)NC(COP(=O)([O-])OCC[N+](C)(C)C)C(O)/C=C/CC/C=C/CCCCCCCCCCCCCC. The Balaban J connectivity index is 4.50. The van der Waals surface area contributed by atoms with Gasteiger partial charge in [-0.25, -0.2) is 0 Å². The van der Waals surface area contributed by atoms with E-state index < -0.39 is 26.6 Å². The van der Waals surface area contributed by atoms with Gasteiger partial charge in [-0.05, 0) is 57.8 Å². The quantitative estimate of drug-likeness (QED) is 0.0279. The lowest BCUT2D eigenvalue weighted by molar-refractivity contribution is -0.870. The third kappa shape index (κ3) is 38.8. The Kier molecular flexibility index (Phi) is 35.5. The molecule has 0 saturated heterocycles. The number of aliphatic hydroxyl groups excluding tert-OH is 1. The van der Waals surface area contributed by atoms with Crippen LogP contribution in [0.15, 0.2) is 36.5 Å². The highest BCUT2D eigenvalue weighted by molar-refractivity contribution is 7.45. The first-order valence-electron chi connectivity index (χ1n) is 21.9. The number of amides is 1. The molecule has 53 heavy (non-hydrogen) atoms. The molecular weight excluding hydrogens is 683 g/mol. The summed E-state index contributed by atoms with van der Waals surface area (Å²) in [6, 6.07) is -0.905. The Bertz CT molecular complexity index is 964. The zero-order chi connectivity index (χ0) is 39.3. The topological polar surface area (TPSA) is 108 Å². The fourth-order valence-electron chi connectivity index (χ4n) is 6.04. The van der Waals surface area contributed by atoms with Crippen LogP contribution in [0.3, 0.4) is 0 Å². The van der Waals surface area contributed by atoms with Gasteiger partial charge in [-0.3, -0.25) is 9.36 Å². The molecule has 0 spiro atoms. The fourth-order valence-corrected chi connectivity index (χ4v) is 6.77. The lowest BCUT2D eigenvalue weighted by Crippen LogP contribution is -2.45. The van der Waals surface area contributed by atoms with Crippen LogP contribution in [0.5, 0.6) is 0 Å². The molecule has 3 unspecified atom stereocenters. The molecule has 0 radical (unpaired) electrons. The monoisotopic (exact) mass is 769 g/mol. The summed E-state index contributed by atoms with van der Waals surface area (Å²) in [7, 11) is 1.24. The van der Waals surface area contributed by atoms with Crippen LogP contribution in [0.25, 0.3) is 0 Å². The van der Waals surface area contributed by atoms with E-state index in [9.17, 15) is 19.4 Å². The number of unbranched alkanes of at least 4 members (excludes halogenated alkanes) is 22. The predicted octanol–water partition coefficient (Wildman–Crippen LogP) is 11.3. The van der Waals surface area contributed by atoms with Crippen molar-refractivity contribution in [1.29, 1.82) is 0 Å². The first-order valence-corrected chi connectivity index (χ1v) is 23.3. The molecule has 0 aromatic rings. The van der Waals surface area contributed by atoms with E-state index in [2.05, 4.69) is 43.5 Å². The van der Waals surface area contributed by atoms with Crippen molar-refractivity contribution in [3.05, 3.63) is 36.5 Å². The molecule has 0 bridgehead atoms. The summed E-state index contributed by atoms with van der Waals surface area (Å²) in [6.45, 7) is 4.59. The van der Waals surface area contributed by atoms with Crippen LogP contribution in [0.2, 0.25) is 0 Å². The van der Waals surface area contributed by atoms with Crippen molar-refractivity contribution in [2.75, 3.05) is 40.9 Å². The molecule has 0 aliphatic carbocycles. The number of carbonyl (C=O) groups is 1. The molecule has 9 heteroatoms. The number of likely N-dealkylation sites (N-methyl/N-ethyl adjacent to an activating group) is 1. The van der Waals surface area contributed by atoms with Gasteiger partial charge < -0.3 is 28.8 Å². The Morgan fingerprint density at radius 2 is 1.06 bits per heavy atom. The number of hydrogen-bond acceptors (Lipinski definition) is 6. The van der Waals surface area contributed by atoms with Gasteiger partial charge in [-0.1, -0.05) is 159 Å². The molecule has 8 nitrogen and oxygen atoms in total. The van der Waals surface area contributed by atoms with Gasteiger partial charge >= 0.3 is 0 Å². The molecule has 0 aromatic heterocycles. The van der Waals surface area contributed by atoms with Gasteiger partial charge in [0.1, 0.15) is 13.2 Å². The number of quaternary nitrogens is 1. The summed E-state index contributed by atoms with van der Waals surface area (Å²) in [6.07, 6.45) is 43.3. The molecule has 0 fully saturated rings. The maximum Gasteiger partial charge on any atom is 0.268 e. The average molecular weight is 769 g/mol. The smallest absolute Gasteiger partial charge is 0.268 e. The predicted molar refractivity (Wildman–Crippen MR) is 224 cm³/mol. The Morgan fingerprint density at radius 3 is 1.55 bits per heavy atom. The molecule has 0 saturated carbocycles. The van der Waals surface area contributed by atoms with Crippen LogP contribution in [-0.2, 0) is 18.4 Å². The number of nitrogens with one attached hydrogen (secondary N) is 1. The highest BCUT2D eigenvalue weighted by Gasteiger charge is 2.23. The first kappa shape index (κ1) is 51.7. The van der Waals surface area contributed by atoms with E-state index in [4.69, 9.17) is 9.05 Å². The van der Waals surface area contributed by atoms with E-state index in [-0.39, 0.29) is 12.5 Å². The van der Waals surface area contributed by atoms with Gasteiger partial charge in [-0.2, -0.15) is 0 Å². The molecule has 2 N–H and O–H groups in total. The largest absolute Gasteiger partial charge is 0.756 e. The van der Waals surface area contributed by atoms with Crippen molar-refractivity contribution in [2.45, 2.75) is 199 Å². The van der Waals surface area contributed by atoms with Crippen molar-refractivity contribution in [3.63, 3.8) is 0 Å². The Labute approximate surface area is 327 Å². The highest BCUT2D eigenvalue weighted by Crippen LogP contribution is 2.38. The molecule has 0 heterocycles. The van der Waals surface area contributed by atoms with Crippen molar-refractivity contribution in [3.8, 4) is 0 Å². The Morgan fingerprint density at radius 1 is 0.642 bits per heavy atom. The summed E-state index contributed by atoms with van der Waals surface area (Å²) < 4.78 is 23.1. The third-order valence-corrected chi connectivity index (χ3v) is 10.5. The van der Waals surface area contributed by atoms with Gasteiger partial charge in [-0.15, -0.1) is 0 Å². The van der Waals surface area contributed by atoms with Crippen LogP contribution >= 0.6 is 7.82 Å². The summed E-state index contributed by atoms with van der Waals surface area (Å²) in [5.74, 6) is -0.218. The molecule has 0 rings (SSSR count). The van der Waals surface area contributed by atoms with Crippen molar-refractivity contribution in [2.24, 2.45) is 0 Å². The second-order valence-electron chi connectivity index (χ2n) is 16.0. The Hall–Kier alpha value is -1.28. The minimum atomic E-state index is -4.59. The van der Waals surface area contributed by atoms with Gasteiger partial charge in [0.2, 0.25) is 5.91 Å². The lowest BCUT2D eigenvalue weighted by atomic mass is 10.0. The maximum absolute atomic E-state index is 12.8. The van der Waals surface area contributed by atoms with Crippen LogP contribution in [0.1, 0.15) is 187 Å². The van der Waals surface area contributed by atoms with E-state index in [0.717, 1.165) is 57.8 Å². The second-order valence-corrected chi connectivity index (χ2v) is 17.4. The zero-order valence-electron chi connectivity index (χ0n) is 35.2. The maximum atomic E-state index is 12.8. The molecule has 3 atom stereocenters. The van der Waals surface area contributed by atoms with Gasteiger partial charge in [0.15, 0.2) is 0 Å². The van der Waals surface area contributed by atoms with Crippen molar-refractivity contribution < 1.29 is 32.9 Å². The van der Waals surface area contributed by atoms with E-state index >= 15 is 0 Å². The number of hydrogen-bond donors (Lipinski definition) is 2. The number of carbonyl (C=O) groups excluding carboxylic acids is 1. The molecule has 0 aliphatic rings. The van der Waals surface area contributed by atoms with Gasteiger partial charge in [0.25, 0.3) is 7.82 Å². The van der Waals surface area contributed by atoms with Crippen LogP contribution in [-0.4, -0.2) is 68.5 Å². The molecule has 312 valence electrons. The standard InChI is InChI=1S/C44H85N2O6P/c1-6-8-10-12-14-16-18-20-21-22-23-24-26-27-29-31-33-35-37-43(47)42(41-52-53(49,50)51-40-39-46(3,4)5)45-44(48)38-36-34-32-30-28-25-19-17-15-13-11-9-7-2/h17,19,27,29,35,37,42-43,47H,6-16,18,20-26,28,30-34,36,38-41H2,1-5H3,(H-,45,48,49,50)/b19-17-,29-27+,37-35+. The summed E-state index contributed by atoms with van der Waals surface area (Å²) >= 11 is 0. The fraction of sp³-hybridized carbons (Fsp3) is 0.841. The third-order valence-electron chi connectivity index (χ3n) is 9.57. The van der Waals surface area contributed by atoms with Gasteiger partial charge in [0, 0.05) is 6.42 Å². The minimum Gasteiger partial charge on any atom is -0.756 e. The second kappa shape index (κ2) is 36.4. The number of phosphoric ester groups is 1. The molecule has 0 aliphatic heterocycles. The van der Waals surface area contributed by atoms with E-state index in [1.54, 1.807) is 6.08 Å². The van der Waals surface area contributed by atoms with Crippen molar-refractivity contribution >= 4 is 13.7 Å². The first-order chi connectivity index (χ1) is 25.5. The number of rotatable bonds is 39. The zero-order valence-corrected chi connectivity index (χ0v) is 36.1. The van der Waals surface area contributed by atoms with E-state index in [0.29, 0.717) is 17.4 Å². The summed E-state index contributed by atoms with van der Waals surface area (Å²) in [4.78, 5) is 25.2. The van der Waals surface area contributed by atoms with Crippen molar-refractivity contribution in [1.82, 2.24) is 5.32 Å². The highest BCUT2D eigenvalue weighted by atomic mass is 31.2. The van der Waals surface area contributed by atoms with Gasteiger partial charge in [0.05, 0.1) is 39.9 Å². The van der Waals surface area contributed by atoms with E-state index in [1.807, 2.05) is 27.2 Å². The summed E-state index contributed by atoms with van der Waals surface area (Å²) in [5.41, 5.74) is 0. The van der Waals surface area contributed by atoms with E-state index in [1.165, 1.54) is 109 Å². The number of nitrogens with zero attached hydrogens (tertiary/aromatic N) is 1. The molecular formula is C44H85N2O6P.